The van der Waals surface area contributed by atoms with E-state index in [1.807, 2.05) is 42.2 Å². The number of piperidine rings is 1. The Kier molecular flexibility index (Phi) is 6.02. The second kappa shape index (κ2) is 9.14. The molecule has 1 saturated heterocycles. The lowest BCUT2D eigenvalue weighted by Crippen LogP contribution is -2.63. The third-order valence-electron chi connectivity index (χ3n) is 7.40. The Morgan fingerprint density at radius 3 is 2.86 bits per heavy atom. The van der Waals surface area contributed by atoms with Crippen LogP contribution in [0.2, 0.25) is 0 Å². The summed E-state index contributed by atoms with van der Waals surface area (Å²) in [6, 6.07) is 12.4. The highest BCUT2D eigenvalue weighted by atomic mass is 16.1. The fraction of sp³-hybridized carbons (Fsp3) is 0.407. The molecule has 2 unspecified atom stereocenters. The Balaban J connectivity index is 1.62. The van der Waals surface area contributed by atoms with Gasteiger partial charge < -0.3 is 10.6 Å². The van der Waals surface area contributed by atoms with Crippen molar-refractivity contribution >= 4 is 16.5 Å². The highest BCUT2D eigenvalue weighted by molar-refractivity contribution is 5.84. The number of nitrogens with zero attached hydrogens (tertiary/aromatic N) is 6. The summed E-state index contributed by atoms with van der Waals surface area (Å²) in [5.41, 5.74) is 7.12. The molecular weight excluding hydrogens is 438 g/mol. The average molecular weight is 468 g/mol. The first-order valence-electron chi connectivity index (χ1n) is 12.0. The van der Waals surface area contributed by atoms with Gasteiger partial charge in [0.2, 0.25) is 0 Å². The van der Waals surface area contributed by atoms with Crippen molar-refractivity contribution in [3.05, 3.63) is 64.6 Å². The summed E-state index contributed by atoms with van der Waals surface area (Å²) in [5, 5.41) is 12.3. The van der Waals surface area contributed by atoms with Crippen molar-refractivity contribution in [3.8, 4) is 17.9 Å². The van der Waals surface area contributed by atoms with Crippen LogP contribution >= 0.6 is 0 Å². The smallest absolute Gasteiger partial charge is 0.277 e. The molecule has 2 aliphatic rings. The van der Waals surface area contributed by atoms with Crippen LogP contribution in [0.15, 0.2) is 47.7 Å². The number of benzene rings is 1. The van der Waals surface area contributed by atoms with Crippen molar-refractivity contribution in [2.24, 2.45) is 5.73 Å². The van der Waals surface area contributed by atoms with E-state index in [0.29, 0.717) is 24.5 Å². The molecule has 0 bridgehead atoms. The first kappa shape index (κ1) is 23.0. The van der Waals surface area contributed by atoms with Gasteiger partial charge in [-0.25, -0.2) is 4.98 Å². The molecule has 0 amide bonds. The molecule has 0 saturated carbocycles. The number of hydrogen-bond donors (Lipinski definition) is 1. The summed E-state index contributed by atoms with van der Waals surface area (Å²) < 4.78 is 1.59. The third kappa shape index (κ3) is 3.76. The number of rotatable bonds is 4. The maximum absolute atomic E-state index is 13.9. The molecule has 35 heavy (non-hydrogen) atoms. The number of likely N-dealkylation sites (tertiary alicyclic amines) is 1. The van der Waals surface area contributed by atoms with Crippen LogP contribution < -0.4 is 16.2 Å². The Bertz CT molecular complexity index is 1420. The summed E-state index contributed by atoms with van der Waals surface area (Å²) >= 11 is 0. The molecule has 8 nitrogen and oxygen atoms in total. The van der Waals surface area contributed by atoms with Gasteiger partial charge in [0.15, 0.2) is 0 Å². The zero-order valence-electron chi connectivity index (χ0n) is 20.1. The first-order valence-corrected chi connectivity index (χ1v) is 12.0. The number of nitrogens with two attached hydrogens (primary N) is 1. The van der Waals surface area contributed by atoms with Crippen LogP contribution in [-0.2, 0) is 6.54 Å². The maximum Gasteiger partial charge on any atom is 0.277 e. The Hall–Kier alpha value is -3.72. The molecule has 1 aromatic carbocycles. The van der Waals surface area contributed by atoms with E-state index in [4.69, 9.17) is 5.73 Å². The van der Waals surface area contributed by atoms with Crippen molar-refractivity contribution in [1.82, 2.24) is 19.4 Å². The Labute approximate surface area is 205 Å². The van der Waals surface area contributed by atoms with Crippen LogP contribution in [0.5, 0.6) is 0 Å². The number of anilines is 1. The molecule has 3 aromatic rings. The normalized spacial score (nSPS) is 24.0. The molecular formula is C27H29N7O. The molecule has 178 valence electrons. The lowest BCUT2D eigenvalue weighted by molar-refractivity contribution is 0.0673. The summed E-state index contributed by atoms with van der Waals surface area (Å²) in [5.74, 6) is 5.47. The first-order chi connectivity index (χ1) is 17.0. The van der Waals surface area contributed by atoms with Gasteiger partial charge in [-0.1, -0.05) is 30.2 Å². The minimum Gasteiger partial charge on any atom is -0.334 e. The third-order valence-corrected chi connectivity index (χ3v) is 7.40. The molecule has 5 rings (SSSR count). The number of nitriles is 1. The monoisotopic (exact) mass is 467 g/mol. The lowest BCUT2D eigenvalue weighted by Gasteiger charge is -2.49. The van der Waals surface area contributed by atoms with Gasteiger partial charge in [0, 0.05) is 30.7 Å². The van der Waals surface area contributed by atoms with Crippen LogP contribution in [-0.4, -0.2) is 50.8 Å². The molecule has 0 radical (unpaired) electrons. The van der Waals surface area contributed by atoms with Gasteiger partial charge in [-0.3, -0.25) is 19.2 Å². The summed E-state index contributed by atoms with van der Waals surface area (Å²) in [6.45, 7) is 5.88. The molecule has 4 heterocycles. The zero-order chi connectivity index (χ0) is 24.6. The Morgan fingerprint density at radius 1 is 1.26 bits per heavy atom. The van der Waals surface area contributed by atoms with Crippen LogP contribution in [0.1, 0.15) is 44.0 Å². The molecule has 2 aromatic heterocycles. The quantitative estimate of drug-likeness (QED) is 0.588. The van der Waals surface area contributed by atoms with Gasteiger partial charge in [0.05, 0.1) is 36.9 Å². The van der Waals surface area contributed by atoms with Crippen molar-refractivity contribution in [2.75, 3.05) is 24.5 Å². The summed E-state index contributed by atoms with van der Waals surface area (Å²) in [4.78, 5) is 27.4. The van der Waals surface area contributed by atoms with Gasteiger partial charge >= 0.3 is 0 Å². The Morgan fingerprint density at radius 2 is 2.09 bits per heavy atom. The lowest BCUT2D eigenvalue weighted by atomic mass is 9.90. The zero-order valence-corrected chi connectivity index (χ0v) is 20.1. The molecule has 2 N–H and O–H groups in total. The molecule has 3 atom stereocenters. The van der Waals surface area contributed by atoms with Crippen LogP contribution in [0.4, 0.5) is 5.69 Å². The summed E-state index contributed by atoms with van der Waals surface area (Å²) in [7, 11) is 0. The highest BCUT2D eigenvalue weighted by Crippen LogP contribution is 2.47. The maximum atomic E-state index is 13.9. The molecule has 1 fully saturated rings. The predicted molar refractivity (Wildman–Crippen MR) is 136 cm³/mol. The van der Waals surface area contributed by atoms with E-state index >= 15 is 0 Å². The van der Waals surface area contributed by atoms with Crippen molar-refractivity contribution in [3.63, 3.8) is 0 Å². The molecule has 0 aliphatic carbocycles. The molecule has 0 spiro atoms. The number of fused-ring (bicyclic) bond motifs is 2. The number of hydrogen-bond acceptors (Lipinski definition) is 7. The van der Waals surface area contributed by atoms with E-state index in [1.54, 1.807) is 24.0 Å². The van der Waals surface area contributed by atoms with Gasteiger partial charge in [-0.05, 0) is 38.1 Å². The van der Waals surface area contributed by atoms with E-state index in [1.165, 1.54) is 0 Å². The van der Waals surface area contributed by atoms with Crippen LogP contribution in [0.3, 0.4) is 0 Å². The predicted octanol–water partition coefficient (Wildman–Crippen LogP) is 2.43. The minimum atomic E-state index is -0.762. The van der Waals surface area contributed by atoms with Gasteiger partial charge in [0.25, 0.3) is 5.56 Å². The number of pyridine rings is 1. The average Bonchev–Trinajstić information content (AvgIpc) is 3.13. The van der Waals surface area contributed by atoms with E-state index < -0.39 is 11.6 Å². The SMILES string of the molecule is CC#CCN1c2c(ncn(Cc3nccc4ccccc34)c2=O)C(C#N)C1(C)N1CCC[C@H](N)C1. The standard InChI is InChI=1S/C27H29N7O/c1-3-4-14-34-25-24(22(15-28)27(34,2)33-13-7-9-20(29)16-33)31-18-32(26(25)35)17-23-21-10-6-5-8-19(21)11-12-30-23/h5-6,8,10-12,18,20,22H,7,9,13-14,16-17,29H2,1-2H3/t20-,22?,27?/m0/s1. The topological polar surface area (TPSA) is 104 Å². The largest absolute Gasteiger partial charge is 0.334 e. The van der Waals surface area contributed by atoms with E-state index in [2.05, 4.69) is 32.8 Å². The van der Waals surface area contributed by atoms with Crippen molar-refractivity contribution < 1.29 is 0 Å². The van der Waals surface area contributed by atoms with Gasteiger partial charge in [-0.15, -0.1) is 5.92 Å². The van der Waals surface area contributed by atoms with Crippen LogP contribution in [0.25, 0.3) is 10.8 Å². The fourth-order valence-electron chi connectivity index (χ4n) is 5.53. The second-order valence-electron chi connectivity index (χ2n) is 9.41. The van der Waals surface area contributed by atoms with E-state index in [9.17, 15) is 10.1 Å². The van der Waals surface area contributed by atoms with Crippen molar-refractivity contribution in [1.29, 1.82) is 5.26 Å². The van der Waals surface area contributed by atoms with Crippen LogP contribution in [0, 0.1) is 23.2 Å². The summed E-state index contributed by atoms with van der Waals surface area (Å²) in [6.07, 6.45) is 5.21. The second-order valence-corrected chi connectivity index (χ2v) is 9.41. The highest BCUT2D eigenvalue weighted by Gasteiger charge is 2.55. The molecule has 8 heteroatoms. The van der Waals surface area contributed by atoms with Gasteiger partial charge in [-0.2, -0.15) is 5.26 Å². The van der Waals surface area contributed by atoms with Gasteiger partial charge in [0.1, 0.15) is 17.3 Å². The van der Waals surface area contributed by atoms with Crippen molar-refractivity contribution in [2.45, 2.75) is 50.9 Å². The fourth-order valence-corrected chi connectivity index (χ4v) is 5.53. The van der Waals surface area contributed by atoms with E-state index in [-0.39, 0.29) is 18.1 Å². The molecule has 2 aliphatic heterocycles. The number of aromatic nitrogens is 3. The van der Waals surface area contributed by atoms with E-state index in [0.717, 1.165) is 35.9 Å². The minimum absolute atomic E-state index is 0.0322.